The molecule has 30 heavy (non-hydrogen) atoms. The number of likely N-dealkylation sites (tertiary alicyclic amines) is 1. The molecule has 1 saturated heterocycles. The molecule has 1 atom stereocenters. The van der Waals surface area contributed by atoms with E-state index < -0.39 is 17.7 Å². The van der Waals surface area contributed by atoms with Crippen molar-refractivity contribution in [3.05, 3.63) is 57.5 Å². The van der Waals surface area contributed by atoms with Crippen LogP contribution < -0.4 is 9.47 Å². The van der Waals surface area contributed by atoms with Crippen LogP contribution in [0.2, 0.25) is 0 Å². The number of rotatable bonds is 6. The molecule has 156 valence electrons. The predicted molar refractivity (Wildman–Crippen MR) is 111 cm³/mol. The molecule has 1 aromatic heterocycles. The number of thiophene rings is 1. The van der Waals surface area contributed by atoms with Crippen LogP contribution in [-0.4, -0.2) is 59.6 Å². The quantitative estimate of drug-likeness (QED) is 0.715. The predicted octanol–water partition coefficient (Wildman–Crippen LogP) is 3.15. The Morgan fingerprint density at radius 3 is 2.70 bits per heavy atom. The average molecular weight is 426 g/mol. The van der Waals surface area contributed by atoms with Gasteiger partial charge in [0.2, 0.25) is 12.6 Å². The fourth-order valence-electron chi connectivity index (χ4n) is 4.34. The third-order valence-corrected chi connectivity index (χ3v) is 6.73. The molecule has 0 saturated carbocycles. The molecule has 0 radical (unpaired) electrons. The number of amides is 1. The summed E-state index contributed by atoms with van der Waals surface area (Å²) in [5.41, 5.74) is 0.848. The number of aliphatic hydroxyl groups is 1. The second-order valence-electron chi connectivity index (χ2n) is 7.63. The van der Waals surface area contributed by atoms with Crippen LogP contribution in [0.15, 0.2) is 47.0 Å². The molecule has 2 aromatic rings. The normalized spacial score (nSPS) is 21.1. The smallest absolute Gasteiger partial charge is 0.290 e. The van der Waals surface area contributed by atoms with E-state index in [1.54, 1.807) is 29.2 Å². The summed E-state index contributed by atoms with van der Waals surface area (Å²) < 4.78 is 10.9. The molecule has 0 spiro atoms. The van der Waals surface area contributed by atoms with Crippen LogP contribution in [0, 0.1) is 0 Å². The monoisotopic (exact) mass is 426 g/mol. The minimum atomic E-state index is -0.663. The first-order chi connectivity index (χ1) is 14.6. The summed E-state index contributed by atoms with van der Waals surface area (Å²) >= 11 is 1.30. The summed E-state index contributed by atoms with van der Waals surface area (Å²) in [4.78, 5) is 30.6. The van der Waals surface area contributed by atoms with Gasteiger partial charge in [0.1, 0.15) is 0 Å². The number of nitrogens with zero attached hydrogens (tertiary/aromatic N) is 2. The maximum absolute atomic E-state index is 13.2. The number of ether oxygens (including phenoxy) is 2. The fourth-order valence-corrected chi connectivity index (χ4v) is 5.02. The lowest BCUT2D eigenvalue weighted by atomic mass is 9.95. The van der Waals surface area contributed by atoms with E-state index in [1.165, 1.54) is 11.3 Å². The summed E-state index contributed by atoms with van der Waals surface area (Å²) in [5.74, 6) is -0.0729. The van der Waals surface area contributed by atoms with Gasteiger partial charge in [-0.25, -0.2) is 0 Å². The highest BCUT2D eigenvalue weighted by Crippen LogP contribution is 2.43. The Balaban J connectivity index is 1.52. The number of fused-ring (bicyclic) bond motifs is 1. The van der Waals surface area contributed by atoms with Crippen LogP contribution in [0.4, 0.5) is 0 Å². The second-order valence-corrected chi connectivity index (χ2v) is 8.58. The van der Waals surface area contributed by atoms with E-state index in [4.69, 9.17) is 9.47 Å². The zero-order chi connectivity index (χ0) is 20.7. The fraction of sp³-hybridized carbons (Fsp3) is 0.364. The van der Waals surface area contributed by atoms with E-state index in [1.807, 2.05) is 11.4 Å². The summed E-state index contributed by atoms with van der Waals surface area (Å²) in [6.45, 7) is 3.31. The lowest BCUT2D eigenvalue weighted by Gasteiger charge is -2.28. The SMILES string of the molecule is O=C(C1=C(O)C(=O)N(CCN2CCCC2)[C@H]1c1ccc2c(c1)OCO2)c1cccs1. The summed E-state index contributed by atoms with van der Waals surface area (Å²) in [6, 6.07) is 8.24. The van der Waals surface area contributed by atoms with Crippen LogP contribution in [0.3, 0.4) is 0 Å². The van der Waals surface area contributed by atoms with Crippen molar-refractivity contribution in [3.63, 3.8) is 0 Å². The van der Waals surface area contributed by atoms with Crippen molar-refractivity contribution in [3.8, 4) is 11.5 Å². The topological polar surface area (TPSA) is 79.3 Å². The zero-order valence-corrected chi connectivity index (χ0v) is 17.2. The summed E-state index contributed by atoms with van der Waals surface area (Å²) in [5, 5.41) is 12.5. The standard InChI is InChI=1S/C22H22N2O5S/c25-20(17-4-3-11-30-17)18-19(14-5-6-15-16(12-14)29-13-28-15)24(22(27)21(18)26)10-9-23-7-1-2-8-23/h3-6,11-12,19,26H,1-2,7-10,13H2/t19-/m0/s1. The Morgan fingerprint density at radius 1 is 1.13 bits per heavy atom. The molecule has 4 heterocycles. The minimum Gasteiger partial charge on any atom is -0.503 e. The molecular formula is C22H22N2O5S. The molecule has 3 aliphatic heterocycles. The number of aliphatic hydroxyl groups excluding tert-OH is 1. The van der Waals surface area contributed by atoms with Gasteiger partial charge in [-0.1, -0.05) is 12.1 Å². The molecule has 7 nitrogen and oxygen atoms in total. The van der Waals surface area contributed by atoms with Crippen molar-refractivity contribution >= 4 is 23.0 Å². The molecule has 3 aliphatic rings. The molecular weight excluding hydrogens is 404 g/mol. The van der Waals surface area contributed by atoms with Crippen LogP contribution >= 0.6 is 11.3 Å². The van der Waals surface area contributed by atoms with Gasteiger partial charge >= 0.3 is 0 Å². The Bertz CT molecular complexity index is 1010. The number of ketones is 1. The van der Waals surface area contributed by atoms with Crippen molar-refractivity contribution in [2.45, 2.75) is 18.9 Å². The molecule has 0 bridgehead atoms. The zero-order valence-electron chi connectivity index (χ0n) is 16.4. The largest absolute Gasteiger partial charge is 0.503 e. The lowest BCUT2D eigenvalue weighted by Crippen LogP contribution is -2.37. The van der Waals surface area contributed by atoms with Gasteiger partial charge in [0.25, 0.3) is 5.91 Å². The first-order valence-corrected chi connectivity index (χ1v) is 11.0. The van der Waals surface area contributed by atoms with Gasteiger partial charge in [0, 0.05) is 13.1 Å². The second kappa shape index (κ2) is 7.77. The van der Waals surface area contributed by atoms with Crippen molar-refractivity contribution in [1.82, 2.24) is 9.80 Å². The molecule has 0 unspecified atom stereocenters. The highest BCUT2D eigenvalue weighted by atomic mass is 32.1. The Kier molecular flexibility index (Phi) is 4.96. The molecule has 1 aromatic carbocycles. The number of hydrogen-bond acceptors (Lipinski definition) is 7. The Hall–Kier alpha value is -2.84. The molecule has 5 rings (SSSR count). The first-order valence-electron chi connectivity index (χ1n) is 10.1. The average Bonchev–Trinajstić information content (AvgIpc) is 3.55. The minimum absolute atomic E-state index is 0.128. The van der Waals surface area contributed by atoms with Gasteiger partial charge < -0.3 is 24.4 Å². The van der Waals surface area contributed by atoms with E-state index >= 15 is 0 Å². The van der Waals surface area contributed by atoms with Gasteiger partial charge in [-0.15, -0.1) is 11.3 Å². The molecule has 1 amide bonds. The maximum atomic E-state index is 13.2. The number of carbonyl (C=O) groups excluding carboxylic acids is 2. The number of Topliss-reactive ketones (excluding diaryl/α,β-unsaturated/α-hetero) is 1. The molecule has 1 N–H and O–H groups in total. The van der Waals surface area contributed by atoms with E-state index in [0.29, 0.717) is 29.5 Å². The third-order valence-electron chi connectivity index (χ3n) is 5.86. The number of carbonyl (C=O) groups is 2. The summed E-state index contributed by atoms with van der Waals surface area (Å²) in [7, 11) is 0. The first kappa shape index (κ1) is 19.1. The van der Waals surface area contributed by atoms with Gasteiger partial charge in [0.05, 0.1) is 16.5 Å². The number of hydrogen-bond donors (Lipinski definition) is 1. The van der Waals surface area contributed by atoms with Crippen LogP contribution in [0.1, 0.15) is 34.1 Å². The van der Waals surface area contributed by atoms with Crippen LogP contribution in [0.25, 0.3) is 0 Å². The van der Waals surface area contributed by atoms with E-state index in [2.05, 4.69) is 4.90 Å². The summed E-state index contributed by atoms with van der Waals surface area (Å²) in [6.07, 6.45) is 2.32. The van der Waals surface area contributed by atoms with Crippen molar-refractivity contribution in [1.29, 1.82) is 0 Å². The van der Waals surface area contributed by atoms with Gasteiger partial charge in [-0.05, 0) is 55.1 Å². The number of benzene rings is 1. The van der Waals surface area contributed by atoms with Crippen molar-refractivity contribution < 1.29 is 24.2 Å². The highest BCUT2D eigenvalue weighted by Gasteiger charge is 2.44. The molecule has 8 heteroatoms. The molecule has 0 aliphatic carbocycles. The maximum Gasteiger partial charge on any atom is 0.290 e. The van der Waals surface area contributed by atoms with Gasteiger partial charge in [-0.2, -0.15) is 0 Å². The van der Waals surface area contributed by atoms with E-state index in [0.717, 1.165) is 31.5 Å². The Labute approximate surface area is 178 Å². The van der Waals surface area contributed by atoms with Crippen molar-refractivity contribution in [2.24, 2.45) is 0 Å². The lowest BCUT2D eigenvalue weighted by molar-refractivity contribution is -0.129. The van der Waals surface area contributed by atoms with Gasteiger partial charge in [0.15, 0.2) is 17.3 Å². The third kappa shape index (κ3) is 3.26. The van der Waals surface area contributed by atoms with E-state index in [9.17, 15) is 14.7 Å². The van der Waals surface area contributed by atoms with E-state index in [-0.39, 0.29) is 18.1 Å². The van der Waals surface area contributed by atoms with Crippen LogP contribution in [-0.2, 0) is 4.79 Å². The Morgan fingerprint density at radius 2 is 1.93 bits per heavy atom. The van der Waals surface area contributed by atoms with Crippen molar-refractivity contribution in [2.75, 3.05) is 33.0 Å². The molecule has 1 fully saturated rings. The van der Waals surface area contributed by atoms with Gasteiger partial charge in [-0.3, -0.25) is 9.59 Å². The highest BCUT2D eigenvalue weighted by molar-refractivity contribution is 7.12. The van der Waals surface area contributed by atoms with Crippen LogP contribution in [0.5, 0.6) is 11.5 Å².